The number of aliphatic imine (C=N–C) groups is 1. The molecule has 0 bridgehead atoms. The molecule has 0 fully saturated rings. The fraction of sp³-hybridized carbons (Fsp3) is 0.500. The Morgan fingerprint density at radius 2 is 2.50 bits per heavy atom. The van der Waals surface area contributed by atoms with E-state index in [9.17, 15) is 0 Å². The Morgan fingerprint density at radius 3 is 3.17 bits per heavy atom. The van der Waals surface area contributed by atoms with Crippen molar-refractivity contribution in [3.63, 3.8) is 0 Å². The van der Waals surface area contributed by atoms with E-state index < -0.39 is 0 Å². The highest BCUT2D eigenvalue weighted by atomic mass is 15.2. The van der Waals surface area contributed by atoms with Gasteiger partial charge in [-0.2, -0.15) is 0 Å². The first-order valence-corrected chi connectivity index (χ1v) is 4.51. The van der Waals surface area contributed by atoms with Crippen molar-refractivity contribution >= 4 is 5.84 Å². The minimum absolute atomic E-state index is 0.506. The molecule has 0 radical (unpaired) electrons. The molecule has 0 aromatic carbocycles. The standard InChI is InChI=1S/C10H14N2/c1-3-9-7-12-6-4-5-8(2)10(12)11-9/h4-6,9H,3,7H2,1-2H3. The van der Waals surface area contributed by atoms with Crippen LogP contribution in [0.4, 0.5) is 0 Å². The first-order valence-electron chi connectivity index (χ1n) is 4.51. The van der Waals surface area contributed by atoms with Crippen molar-refractivity contribution < 1.29 is 0 Å². The van der Waals surface area contributed by atoms with Crippen molar-refractivity contribution in [3.05, 3.63) is 23.9 Å². The fourth-order valence-electron chi connectivity index (χ4n) is 1.65. The topological polar surface area (TPSA) is 15.6 Å². The van der Waals surface area contributed by atoms with Crippen molar-refractivity contribution in [2.75, 3.05) is 6.54 Å². The first kappa shape index (κ1) is 7.59. The summed E-state index contributed by atoms with van der Waals surface area (Å²) < 4.78 is 0. The summed E-state index contributed by atoms with van der Waals surface area (Å²) in [5.74, 6) is 1.17. The second-order valence-corrected chi connectivity index (χ2v) is 3.36. The monoisotopic (exact) mass is 162 g/mol. The maximum atomic E-state index is 4.63. The molecule has 2 heterocycles. The van der Waals surface area contributed by atoms with Crippen LogP contribution in [0, 0.1) is 0 Å². The molecule has 2 heteroatoms. The van der Waals surface area contributed by atoms with Crippen LogP contribution >= 0.6 is 0 Å². The molecule has 12 heavy (non-hydrogen) atoms. The summed E-state index contributed by atoms with van der Waals surface area (Å²) in [6.45, 7) is 5.37. The van der Waals surface area contributed by atoms with Gasteiger partial charge in [0.05, 0.1) is 6.04 Å². The van der Waals surface area contributed by atoms with Crippen LogP contribution in [0.2, 0.25) is 0 Å². The Kier molecular flexibility index (Phi) is 1.75. The summed E-state index contributed by atoms with van der Waals surface area (Å²) in [7, 11) is 0. The summed E-state index contributed by atoms with van der Waals surface area (Å²) in [5.41, 5.74) is 1.29. The number of rotatable bonds is 1. The van der Waals surface area contributed by atoms with Crippen molar-refractivity contribution in [2.45, 2.75) is 26.3 Å². The molecule has 1 unspecified atom stereocenters. The molecule has 0 aromatic rings. The second-order valence-electron chi connectivity index (χ2n) is 3.36. The SMILES string of the molecule is CCC1CN2C=CC=C(C)C2=N1. The lowest BCUT2D eigenvalue weighted by Gasteiger charge is -2.18. The number of hydrogen-bond donors (Lipinski definition) is 0. The maximum Gasteiger partial charge on any atom is 0.130 e. The predicted octanol–water partition coefficient (Wildman–Crippen LogP) is 1.95. The van der Waals surface area contributed by atoms with Crippen LogP contribution in [-0.2, 0) is 0 Å². The lowest BCUT2D eigenvalue weighted by molar-refractivity contribution is 0.526. The van der Waals surface area contributed by atoms with Crippen LogP contribution in [0.5, 0.6) is 0 Å². The third-order valence-corrected chi connectivity index (χ3v) is 2.42. The van der Waals surface area contributed by atoms with Crippen LogP contribution < -0.4 is 0 Å². The molecule has 2 rings (SSSR count). The van der Waals surface area contributed by atoms with Crippen molar-refractivity contribution in [3.8, 4) is 0 Å². The van der Waals surface area contributed by atoms with Crippen LogP contribution in [0.1, 0.15) is 20.3 Å². The van der Waals surface area contributed by atoms with Crippen LogP contribution in [0.15, 0.2) is 28.9 Å². The van der Waals surface area contributed by atoms with E-state index in [1.807, 2.05) is 0 Å². The van der Waals surface area contributed by atoms with Crippen LogP contribution in [0.25, 0.3) is 0 Å². The highest BCUT2D eigenvalue weighted by Gasteiger charge is 2.23. The summed E-state index contributed by atoms with van der Waals surface area (Å²) >= 11 is 0. The van der Waals surface area contributed by atoms with E-state index in [-0.39, 0.29) is 0 Å². The summed E-state index contributed by atoms with van der Waals surface area (Å²) in [6.07, 6.45) is 7.46. The summed E-state index contributed by atoms with van der Waals surface area (Å²) in [5, 5.41) is 0. The molecule has 0 aromatic heterocycles. The summed E-state index contributed by atoms with van der Waals surface area (Å²) in [6, 6.07) is 0.506. The average Bonchev–Trinajstić information content (AvgIpc) is 2.49. The minimum atomic E-state index is 0.506. The fourth-order valence-corrected chi connectivity index (χ4v) is 1.65. The van der Waals surface area contributed by atoms with E-state index in [2.05, 4.69) is 42.1 Å². The zero-order valence-electron chi connectivity index (χ0n) is 7.62. The molecule has 0 N–H and O–H groups in total. The van der Waals surface area contributed by atoms with Gasteiger partial charge < -0.3 is 4.90 Å². The minimum Gasteiger partial charge on any atom is -0.331 e. The largest absolute Gasteiger partial charge is 0.331 e. The van der Waals surface area contributed by atoms with Crippen molar-refractivity contribution in [1.82, 2.24) is 4.90 Å². The average molecular weight is 162 g/mol. The molecular weight excluding hydrogens is 148 g/mol. The van der Waals surface area contributed by atoms with E-state index in [0.29, 0.717) is 6.04 Å². The molecule has 2 aliphatic rings. The smallest absolute Gasteiger partial charge is 0.130 e. The normalized spacial score (nSPS) is 26.8. The van der Waals surface area contributed by atoms with Gasteiger partial charge in [0.15, 0.2) is 0 Å². The molecule has 0 aliphatic carbocycles. The lowest BCUT2D eigenvalue weighted by atomic mass is 10.2. The Balaban J connectivity index is 2.26. The predicted molar refractivity (Wildman–Crippen MR) is 51.1 cm³/mol. The molecule has 64 valence electrons. The van der Waals surface area contributed by atoms with E-state index >= 15 is 0 Å². The molecule has 0 amide bonds. The van der Waals surface area contributed by atoms with E-state index in [0.717, 1.165) is 13.0 Å². The number of amidine groups is 1. The molecule has 2 aliphatic heterocycles. The van der Waals surface area contributed by atoms with Crippen molar-refractivity contribution in [2.24, 2.45) is 4.99 Å². The third-order valence-electron chi connectivity index (χ3n) is 2.42. The number of allylic oxidation sites excluding steroid dienone is 2. The van der Waals surface area contributed by atoms with Gasteiger partial charge in [0.25, 0.3) is 0 Å². The van der Waals surface area contributed by atoms with Gasteiger partial charge in [-0.1, -0.05) is 13.0 Å². The summed E-state index contributed by atoms with van der Waals surface area (Å²) in [4.78, 5) is 6.87. The van der Waals surface area contributed by atoms with Crippen molar-refractivity contribution in [1.29, 1.82) is 0 Å². The van der Waals surface area contributed by atoms with E-state index in [4.69, 9.17) is 0 Å². The van der Waals surface area contributed by atoms with Gasteiger partial charge in [-0.25, -0.2) is 0 Å². The Bertz CT molecular complexity index is 274. The molecule has 2 nitrogen and oxygen atoms in total. The van der Waals surface area contributed by atoms with Gasteiger partial charge >= 0.3 is 0 Å². The van der Waals surface area contributed by atoms with Crippen LogP contribution in [0.3, 0.4) is 0 Å². The molecule has 0 saturated carbocycles. The number of nitrogens with zero attached hydrogens (tertiary/aromatic N) is 2. The zero-order chi connectivity index (χ0) is 8.55. The maximum absolute atomic E-state index is 4.63. The Hall–Kier alpha value is -1.05. The van der Waals surface area contributed by atoms with Gasteiger partial charge in [0, 0.05) is 12.7 Å². The highest BCUT2D eigenvalue weighted by molar-refractivity contribution is 6.00. The second kappa shape index (κ2) is 2.77. The molecular formula is C10H14N2. The highest BCUT2D eigenvalue weighted by Crippen LogP contribution is 2.19. The van der Waals surface area contributed by atoms with Gasteiger partial charge in [-0.15, -0.1) is 0 Å². The zero-order valence-corrected chi connectivity index (χ0v) is 7.62. The number of hydrogen-bond acceptors (Lipinski definition) is 2. The Morgan fingerprint density at radius 1 is 1.67 bits per heavy atom. The van der Waals surface area contributed by atoms with E-state index in [1.54, 1.807) is 0 Å². The molecule has 0 spiro atoms. The van der Waals surface area contributed by atoms with Gasteiger partial charge in [0.1, 0.15) is 5.84 Å². The Labute approximate surface area is 73.3 Å². The van der Waals surface area contributed by atoms with Gasteiger partial charge in [0.2, 0.25) is 0 Å². The van der Waals surface area contributed by atoms with E-state index in [1.165, 1.54) is 11.4 Å². The quantitative estimate of drug-likeness (QED) is 0.575. The van der Waals surface area contributed by atoms with Gasteiger partial charge in [-0.3, -0.25) is 4.99 Å². The molecule has 0 saturated heterocycles. The van der Waals surface area contributed by atoms with Gasteiger partial charge in [-0.05, 0) is 25.0 Å². The number of fused-ring (bicyclic) bond motifs is 1. The van der Waals surface area contributed by atoms with Crippen LogP contribution in [-0.4, -0.2) is 23.3 Å². The third kappa shape index (κ3) is 1.07. The lowest BCUT2D eigenvalue weighted by Crippen LogP contribution is -2.25. The molecule has 1 atom stereocenters. The first-order chi connectivity index (χ1) is 5.81.